The van der Waals surface area contributed by atoms with Crippen molar-refractivity contribution in [2.24, 2.45) is 40.2 Å². The predicted molar refractivity (Wildman–Crippen MR) is 163 cm³/mol. The van der Waals surface area contributed by atoms with Crippen molar-refractivity contribution in [1.29, 1.82) is 0 Å². The average Bonchev–Trinajstić information content (AvgIpc) is 3.76. The van der Waals surface area contributed by atoms with Gasteiger partial charge in [-0.15, -0.1) is 0 Å². The number of nitrogens with one attached hydrogen (secondary N) is 4. The number of rotatable bonds is 13. The van der Waals surface area contributed by atoms with E-state index in [-0.39, 0.29) is 40.9 Å². The van der Waals surface area contributed by atoms with Crippen molar-refractivity contribution < 1.29 is 32.4 Å². The summed E-state index contributed by atoms with van der Waals surface area (Å²) < 4.78 is 27.3. The second-order valence-corrected chi connectivity index (χ2v) is 17.2. The number of ketones is 1. The molecular weight excluding hydrogens is 588 g/mol. The van der Waals surface area contributed by atoms with Crippen LogP contribution in [0.5, 0.6) is 0 Å². The van der Waals surface area contributed by atoms with E-state index >= 15 is 0 Å². The van der Waals surface area contributed by atoms with Crippen molar-refractivity contribution in [3.63, 3.8) is 0 Å². The zero-order valence-electron chi connectivity index (χ0n) is 26.9. The number of primary amides is 1. The van der Waals surface area contributed by atoms with Crippen LogP contribution >= 0.6 is 0 Å². The molecule has 4 rings (SSSR count). The molecule has 4 fully saturated rings. The Balaban J connectivity index is 1.49. The molecule has 1 heterocycles. The SMILES string of the molecule is CC(C)[C@@H](CNS(=O)(=O)C1CC1)NC(=O)N[C@H](C(=O)N1C[C@H]2[C@@H]([C@H]1C(=O)NC(C(=O)C(N)=O)C1CCC1)C2(C)C)C(C)(C)C. The van der Waals surface area contributed by atoms with Gasteiger partial charge in [-0.1, -0.05) is 54.9 Å². The minimum atomic E-state index is -3.44. The molecule has 1 aliphatic heterocycles. The molecule has 1 unspecified atom stereocenters. The summed E-state index contributed by atoms with van der Waals surface area (Å²) >= 11 is 0. The summed E-state index contributed by atoms with van der Waals surface area (Å²) in [6, 6.07) is -4.06. The lowest BCUT2D eigenvalue weighted by Gasteiger charge is -2.39. The van der Waals surface area contributed by atoms with E-state index in [1.165, 1.54) is 4.90 Å². The Morgan fingerprint density at radius 1 is 0.977 bits per heavy atom. The fourth-order valence-electron chi connectivity index (χ4n) is 6.69. The van der Waals surface area contributed by atoms with Crippen molar-refractivity contribution in [2.75, 3.05) is 13.1 Å². The lowest BCUT2D eigenvalue weighted by molar-refractivity contribution is -0.145. The van der Waals surface area contributed by atoms with Crippen molar-refractivity contribution in [3.8, 4) is 0 Å². The van der Waals surface area contributed by atoms with Crippen molar-refractivity contribution in [1.82, 2.24) is 25.6 Å². The highest BCUT2D eigenvalue weighted by Crippen LogP contribution is 2.65. The molecule has 0 bridgehead atoms. The number of nitrogens with zero attached hydrogens (tertiary/aromatic N) is 1. The van der Waals surface area contributed by atoms with Crippen LogP contribution in [0.3, 0.4) is 0 Å². The van der Waals surface area contributed by atoms with E-state index < -0.39 is 69.1 Å². The number of fused-ring (bicyclic) bond motifs is 1. The Kier molecular flexibility index (Phi) is 9.48. The lowest BCUT2D eigenvalue weighted by atomic mass is 9.78. The molecule has 3 aliphatic carbocycles. The van der Waals surface area contributed by atoms with E-state index in [1.807, 2.05) is 48.5 Å². The monoisotopic (exact) mass is 638 g/mol. The number of amides is 5. The smallest absolute Gasteiger partial charge is 0.315 e. The molecular formula is C30H50N6O7S. The second-order valence-electron chi connectivity index (χ2n) is 15.2. The first kappa shape index (κ1) is 34.1. The molecule has 0 aromatic heterocycles. The molecule has 1 saturated heterocycles. The van der Waals surface area contributed by atoms with Gasteiger partial charge in [-0.2, -0.15) is 0 Å². The fourth-order valence-corrected chi connectivity index (χ4v) is 8.09. The first-order valence-electron chi connectivity index (χ1n) is 15.8. The van der Waals surface area contributed by atoms with Gasteiger partial charge in [0.25, 0.3) is 5.91 Å². The molecule has 0 aromatic carbocycles. The second kappa shape index (κ2) is 12.2. The van der Waals surface area contributed by atoms with E-state index in [1.54, 1.807) is 0 Å². The Hall–Kier alpha value is -2.74. The molecule has 0 radical (unpaired) electrons. The van der Waals surface area contributed by atoms with Crippen molar-refractivity contribution in [3.05, 3.63) is 0 Å². The van der Waals surface area contributed by atoms with Gasteiger partial charge in [0.1, 0.15) is 18.1 Å². The minimum absolute atomic E-state index is 0.0248. The van der Waals surface area contributed by atoms with Crippen LogP contribution in [0.15, 0.2) is 0 Å². The summed E-state index contributed by atoms with van der Waals surface area (Å²) in [5.41, 5.74) is 4.36. The Morgan fingerprint density at radius 3 is 2.07 bits per heavy atom. The Morgan fingerprint density at radius 2 is 1.59 bits per heavy atom. The first-order valence-corrected chi connectivity index (χ1v) is 17.3. The van der Waals surface area contributed by atoms with E-state index in [4.69, 9.17) is 5.73 Å². The van der Waals surface area contributed by atoms with E-state index in [9.17, 15) is 32.4 Å². The van der Waals surface area contributed by atoms with Crippen LogP contribution in [0.2, 0.25) is 0 Å². The maximum Gasteiger partial charge on any atom is 0.315 e. The summed E-state index contributed by atoms with van der Waals surface area (Å²) in [5.74, 6) is -3.21. The molecule has 0 spiro atoms. The topological polar surface area (TPSA) is 197 Å². The van der Waals surface area contributed by atoms with Gasteiger partial charge in [-0.3, -0.25) is 19.2 Å². The van der Waals surface area contributed by atoms with Crippen LogP contribution in [0, 0.1) is 34.5 Å². The van der Waals surface area contributed by atoms with Gasteiger partial charge in [0, 0.05) is 19.1 Å². The van der Waals surface area contributed by atoms with Crippen LogP contribution in [0.25, 0.3) is 0 Å². The predicted octanol–water partition coefficient (Wildman–Crippen LogP) is 0.629. The highest BCUT2D eigenvalue weighted by Gasteiger charge is 2.70. The summed E-state index contributed by atoms with van der Waals surface area (Å²) in [6.45, 7) is 13.6. The van der Waals surface area contributed by atoms with Crippen LogP contribution in [-0.2, 0) is 29.2 Å². The molecule has 3 saturated carbocycles. The van der Waals surface area contributed by atoms with Gasteiger partial charge in [-0.05, 0) is 60.2 Å². The van der Waals surface area contributed by atoms with Gasteiger partial charge < -0.3 is 26.6 Å². The highest BCUT2D eigenvalue weighted by atomic mass is 32.2. The Bertz CT molecular complexity index is 1280. The summed E-state index contributed by atoms with van der Waals surface area (Å²) in [7, 11) is -3.44. The summed E-state index contributed by atoms with van der Waals surface area (Å²) in [4.78, 5) is 67.2. The zero-order valence-corrected chi connectivity index (χ0v) is 27.8. The Labute approximate surface area is 260 Å². The third-order valence-corrected chi connectivity index (χ3v) is 12.1. The molecule has 44 heavy (non-hydrogen) atoms. The quantitative estimate of drug-likeness (QED) is 0.182. The number of hydrogen-bond donors (Lipinski definition) is 5. The molecule has 6 N–H and O–H groups in total. The van der Waals surface area contributed by atoms with Gasteiger partial charge in [0.05, 0.1) is 5.25 Å². The van der Waals surface area contributed by atoms with Crippen LogP contribution in [-0.4, -0.2) is 85.4 Å². The van der Waals surface area contributed by atoms with E-state index in [0.29, 0.717) is 32.2 Å². The maximum absolute atomic E-state index is 14.2. The summed E-state index contributed by atoms with van der Waals surface area (Å²) in [6.07, 6.45) is 3.53. The van der Waals surface area contributed by atoms with Crippen LogP contribution in [0.1, 0.15) is 80.6 Å². The number of carbonyl (C=O) groups excluding carboxylic acids is 5. The molecule has 14 heteroatoms. The largest absolute Gasteiger partial charge is 0.363 e. The minimum Gasteiger partial charge on any atom is -0.363 e. The van der Waals surface area contributed by atoms with Gasteiger partial charge in [-0.25, -0.2) is 17.9 Å². The first-order chi connectivity index (χ1) is 20.3. The number of hydrogen-bond acceptors (Lipinski definition) is 7. The third-order valence-electron chi connectivity index (χ3n) is 10.2. The highest BCUT2D eigenvalue weighted by molar-refractivity contribution is 7.90. The molecule has 4 aliphatic rings. The van der Waals surface area contributed by atoms with E-state index in [2.05, 4.69) is 20.7 Å². The number of sulfonamides is 1. The number of urea groups is 1. The molecule has 0 aromatic rings. The van der Waals surface area contributed by atoms with E-state index in [0.717, 1.165) is 6.42 Å². The average molecular weight is 639 g/mol. The number of Topliss-reactive ketones (excluding diaryl/α,β-unsaturated/α-hetero) is 1. The van der Waals surface area contributed by atoms with Crippen LogP contribution < -0.4 is 26.4 Å². The number of nitrogens with two attached hydrogens (primary N) is 1. The molecule has 13 nitrogen and oxygen atoms in total. The van der Waals surface area contributed by atoms with Crippen LogP contribution in [0.4, 0.5) is 4.79 Å². The molecule has 5 amide bonds. The fraction of sp³-hybridized carbons (Fsp3) is 0.833. The van der Waals surface area contributed by atoms with Gasteiger partial charge in [0.2, 0.25) is 27.6 Å². The number of carbonyl (C=O) groups is 5. The summed E-state index contributed by atoms with van der Waals surface area (Å²) in [5, 5.41) is 8.03. The maximum atomic E-state index is 14.2. The number of likely N-dealkylation sites (tertiary alicyclic amines) is 1. The molecule has 6 atom stereocenters. The molecule has 248 valence electrons. The van der Waals surface area contributed by atoms with Gasteiger partial charge >= 0.3 is 6.03 Å². The van der Waals surface area contributed by atoms with Crippen molar-refractivity contribution >= 4 is 39.6 Å². The third kappa shape index (κ3) is 7.05. The lowest BCUT2D eigenvalue weighted by Crippen LogP contribution is -2.62. The van der Waals surface area contributed by atoms with Crippen molar-refractivity contribution in [2.45, 2.75) is 110 Å². The normalized spacial score (nSPS) is 26.5. The standard InChI is InChI=1S/C30H50N6O7S/c1-15(2)19(13-32-44(42,43)17-11-12-17)33-28(41)35-24(29(3,4)5)27(40)36-14-18-20(30(18,6)7)22(36)26(39)34-21(16-9-8-10-16)23(37)25(31)38/h15-22,24,32H,8-14H2,1-7H3,(H2,31,38)(H,34,39)(H2,33,35,41)/t18-,19+,20-,21?,22-,24+/m0/s1. The van der Waals surface area contributed by atoms with Gasteiger partial charge in [0.15, 0.2) is 0 Å². The zero-order chi connectivity index (χ0) is 32.9. The number of piperidine rings is 1.